The van der Waals surface area contributed by atoms with Crippen molar-refractivity contribution in [3.8, 4) is 5.75 Å². The minimum Gasteiger partial charge on any atom is -0.491 e. The van der Waals surface area contributed by atoms with Crippen molar-refractivity contribution in [1.29, 1.82) is 0 Å². The Bertz CT molecular complexity index is 376. The fraction of sp³-hybridized carbons (Fsp3) is 0.300. The average molecular weight is 209 g/mol. The zero-order valence-corrected chi connectivity index (χ0v) is 8.52. The number of rotatable bonds is 4. The van der Waals surface area contributed by atoms with Gasteiger partial charge in [0.05, 0.1) is 19.3 Å². The highest BCUT2D eigenvalue weighted by Crippen LogP contribution is 2.28. The zero-order chi connectivity index (χ0) is 11.3. The van der Waals surface area contributed by atoms with E-state index >= 15 is 0 Å². The molecule has 0 radical (unpaired) electrons. The maximum Gasteiger partial charge on any atom is 0.337 e. The molecule has 0 fully saturated rings. The summed E-state index contributed by atoms with van der Waals surface area (Å²) in [5.41, 5.74) is 0.498. The van der Waals surface area contributed by atoms with E-state index in [1.54, 1.807) is 6.92 Å². The summed E-state index contributed by atoms with van der Waals surface area (Å²) in [4.78, 5) is 21.6. The van der Waals surface area contributed by atoms with Gasteiger partial charge in [-0.3, -0.25) is 0 Å². The molecular formula is C10H11NO4. The number of hydrogen-bond donors (Lipinski definition) is 0. The van der Waals surface area contributed by atoms with E-state index in [-0.39, 0.29) is 11.4 Å². The molecule has 0 aliphatic carbocycles. The third kappa shape index (κ3) is 2.52. The number of methoxy groups -OCH3 is 1. The van der Waals surface area contributed by atoms with Crippen molar-refractivity contribution in [1.82, 2.24) is 0 Å². The van der Waals surface area contributed by atoms with Gasteiger partial charge in [-0.05, 0) is 30.3 Å². The molecule has 0 saturated heterocycles. The van der Waals surface area contributed by atoms with Gasteiger partial charge >= 0.3 is 5.97 Å². The van der Waals surface area contributed by atoms with Gasteiger partial charge in [0.2, 0.25) is 0 Å². The number of ether oxygens (including phenoxy) is 2. The van der Waals surface area contributed by atoms with E-state index in [1.165, 1.54) is 25.3 Å². The summed E-state index contributed by atoms with van der Waals surface area (Å²) in [6.45, 7) is 2.17. The first-order valence-corrected chi connectivity index (χ1v) is 4.41. The smallest absolute Gasteiger partial charge is 0.337 e. The molecule has 0 spiro atoms. The summed E-state index contributed by atoms with van der Waals surface area (Å²) < 4.78 is 9.70. The van der Waals surface area contributed by atoms with Crippen LogP contribution in [0.5, 0.6) is 5.75 Å². The minimum absolute atomic E-state index is 0.171. The second kappa shape index (κ2) is 5.09. The molecule has 5 heteroatoms. The first-order valence-electron chi connectivity index (χ1n) is 4.41. The SMILES string of the molecule is CCOc1cc(C(=O)OC)ccc1N=O. The summed E-state index contributed by atoms with van der Waals surface area (Å²) in [6, 6.07) is 4.32. The van der Waals surface area contributed by atoms with Crippen LogP contribution in [-0.2, 0) is 4.74 Å². The van der Waals surface area contributed by atoms with Gasteiger partial charge in [-0.15, -0.1) is 4.91 Å². The van der Waals surface area contributed by atoms with Crippen LogP contribution in [0.25, 0.3) is 0 Å². The van der Waals surface area contributed by atoms with Crippen molar-refractivity contribution in [3.63, 3.8) is 0 Å². The topological polar surface area (TPSA) is 65.0 Å². The number of nitroso groups, excluding NO2 is 1. The fourth-order valence-electron chi connectivity index (χ4n) is 1.11. The molecule has 0 amide bonds. The van der Waals surface area contributed by atoms with Gasteiger partial charge in [-0.25, -0.2) is 4.79 Å². The monoisotopic (exact) mass is 209 g/mol. The van der Waals surface area contributed by atoms with Crippen LogP contribution in [0, 0.1) is 4.91 Å². The molecule has 0 N–H and O–H groups in total. The summed E-state index contributed by atoms with van der Waals surface area (Å²) in [7, 11) is 1.29. The highest BCUT2D eigenvalue weighted by atomic mass is 16.5. The Balaban J connectivity index is 3.09. The van der Waals surface area contributed by atoms with E-state index in [2.05, 4.69) is 9.91 Å². The Hall–Kier alpha value is -1.91. The van der Waals surface area contributed by atoms with Crippen LogP contribution >= 0.6 is 0 Å². The molecule has 5 nitrogen and oxygen atoms in total. The zero-order valence-electron chi connectivity index (χ0n) is 8.52. The van der Waals surface area contributed by atoms with Gasteiger partial charge in [-0.1, -0.05) is 0 Å². The average Bonchev–Trinajstić information content (AvgIpc) is 2.28. The van der Waals surface area contributed by atoms with Crippen LogP contribution in [-0.4, -0.2) is 19.7 Å². The molecule has 1 aromatic rings. The molecule has 0 saturated carbocycles. The molecule has 1 rings (SSSR count). The van der Waals surface area contributed by atoms with Crippen LogP contribution in [0.3, 0.4) is 0 Å². The molecule has 80 valence electrons. The Morgan fingerprint density at radius 1 is 1.47 bits per heavy atom. The maximum absolute atomic E-state index is 11.2. The molecular weight excluding hydrogens is 198 g/mol. The van der Waals surface area contributed by atoms with E-state index in [4.69, 9.17) is 4.74 Å². The normalized spacial score (nSPS) is 9.47. The van der Waals surface area contributed by atoms with Gasteiger partial charge in [0, 0.05) is 0 Å². The number of carbonyl (C=O) groups is 1. The lowest BCUT2D eigenvalue weighted by atomic mass is 10.2. The molecule has 0 heterocycles. The number of esters is 1. The van der Waals surface area contributed by atoms with Gasteiger partial charge in [0.25, 0.3) is 0 Å². The number of hydrogen-bond acceptors (Lipinski definition) is 5. The van der Waals surface area contributed by atoms with Gasteiger partial charge in [0.1, 0.15) is 11.4 Å². The highest BCUT2D eigenvalue weighted by Gasteiger charge is 2.10. The third-order valence-corrected chi connectivity index (χ3v) is 1.78. The first kappa shape index (κ1) is 11.2. The predicted octanol–water partition coefficient (Wildman–Crippen LogP) is 2.27. The van der Waals surface area contributed by atoms with Gasteiger partial charge < -0.3 is 9.47 Å². The Morgan fingerprint density at radius 2 is 2.20 bits per heavy atom. The van der Waals surface area contributed by atoms with Gasteiger partial charge in [-0.2, -0.15) is 0 Å². The van der Waals surface area contributed by atoms with Crippen LogP contribution < -0.4 is 4.74 Å². The number of benzene rings is 1. The summed E-state index contributed by atoms with van der Waals surface area (Å²) in [5.74, 6) is -0.191. The number of nitrogens with zero attached hydrogens (tertiary/aromatic N) is 1. The van der Waals surface area contributed by atoms with Crippen molar-refractivity contribution >= 4 is 11.7 Å². The molecule has 0 aliphatic heterocycles. The molecule has 0 aliphatic rings. The molecule has 0 aromatic heterocycles. The molecule has 15 heavy (non-hydrogen) atoms. The standard InChI is InChI=1S/C10H11NO4/c1-3-15-9-6-7(10(12)14-2)4-5-8(9)11-13/h4-6H,3H2,1-2H3. The van der Waals surface area contributed by atoms with Crippen molar-refractivity contribution in [3.05, 3.63) is 28.7 Å². The maximum atomic E-state index is 11.2. The van der Waals surface area contributed by atoms with E-state index in [1.807, 2.05) is 0 Å². The second-order valence-corrected chi connectivity index (χ2v) is 2.70. The highest BCUT2D eigenvalue weighted by molar-refractivity contribution is 5.90. The number of carbonyl (C=O) groups excluding carboxylic acids is 1. The summed E-state index contributed by atoms with van der Waals surface area (Å²) in [6.07, 6.45) is 0. The quantitative estimate of drug-likeness (QED) is 0.563. The summed E-state index contributed by atoms with van der Waals surface area (Å²) >= 11 is 0. The molecule has 1 aromatic carbocycles. The molecule has 0 atom stereocenters. The van der Waals surface area contributed by atoms with E-state index < -0.39 is 5.97 Å². The van der Waals surface area contributed by atoms with Crippen molar-refractivity contribution < 1.29 is 14.3 Å². The van der Waals surface area contributed by atoms with Crippen LogP contribution in [0.4, 0.5) is 5.69 Å². The van der Waals surface area contributed by atoms with E-state index in [9.17, 15) is 9.70 Å². The van der Waals surface area contributed by atoms with Crippen LogP contribution in [0.2, 0.25) is 0 Å². The fourth-order valence-corrected chi connectivity index (χ4v) is 1.11. The van der Waals surface area contributed by atoms with Crippen LogP contribution in [0.15, 0.2) is 23.4 Å². The summed E-state index contributed by atoms with van der Waals surface area (Å²) in [5, 5.41) is 2.79. The largest absolute Gasteiger partial charge is 0.491 e. The first-order chi connectivity index (χ1) is 7.22. The van der Waals surface area contributed by atoms with Crippen molar-refractivity contribution in [2.24, 2.45) is 5.18 Å². The van der Waals surface area contributed by atoms with Gasteiger partial charge in [0.15, 0.2) is 0 Å². The Labute approximate surface area is 87.0 Å². The Kier molecular flexibility index (Phi) is 3.79. The van der Waals surface area contributed by atoms with Crippen molar-refractivity contribution in [2.75, 3.05) is 13.7 Å². The molecule has 0 unspecified atom stereocenters. The van der Waals surface area contributed by atoms with Crippen LogP contribution in [0.1, 0.15) is 17.3 Å². The predicted molar refractivity (Wildman–Crippen MR) is 54.4 cm³/mol. The third-order valence-electron chi connectivity index (χ3n) is 1.78. The Morgan fingerprint density at radius 3 is 2.73 bits per heavy atom. The lowest BCUT2D eigenvalue weighted by Gasteiger charge is -2.06. The lowest BCUT2D eigenvalue weighted by molar-refractivity contribution is 0.0600. The minimum atomic E-state index is -0.478. The lowest BCUT2D eigenvalue weighted by Crippen LogP contribution is -2.02. The van der Waals surface area contributed by atoms with Crippen molar-refractivity contribution in [2.45, 2.75) is 6.92 Å². The van der Waals surface area contributed by atoms with E-state index in [0.717, 1.165) is 0 Å². The molecule has 0 bridgehead atoms. The van der Waals surface area contributed by atoms with E-state index in [0.29, 0.717) is 12.2 Å². The second-order valence-electron chi connectivity index (χ2n) is 2.70.